The van der Waals surface area contributed by atoms with Crippen molar-refractivity contribution in [2.24, 2.45) is 0 Å². The number of phenolic OH excluding ortho intramolecular Hbond substituents is 1. The van der Waals surface area contributed by atoms with Crippen molar-refractivity contribution < 1.29 is 24.2 Å². The second-order valence-corrected chi connectivity index (χ2v) is 9.35. The van der Waals surface area contributed by atoms with Crippen molar-refractivity contribution in [1.82, 2.24) is 10.2 Å². The van der Waals surface area contributed by atoms with E-state index >= 15 is 0 Å². The molecule has 0 unspecified atom stereocenters. The van der Waals surface area contributed by atoms with E-state index in [1.807, 2.05) is 39.0 Å². The molecule has 8 heteroatoms. The number of unbranched alkanes of at least 4 members (excludes halogenated alkanes) is 3. The topological polar surface area (TPSA) is 108 Å². The Morgan fingerprint density at radius 1 is 0.886 bits per heavy atom. The van der Waals surface area contributed by atoms with Gasteiger partial charge < -0.3 is 25.4 Å². The molecule has 0 aromatic heterocycles. The number of anilines is 1. The Bertz CT molecular complexity index is 940. The van der Waals surface area contributed by atoms with Crippen LogP contribution in [0.1, 0.15) is 63.2 Å². The summed E-state index contributed by atoms with van der Waals surface area (Å²) in [5.41, 5.74) is 0.603. The molecule has 0 heterocycles. The minimum absolute atomic E-state index is 0.0766. The largest absolute Gasteiger partial charge is 0.508 e. The SMILES string of the molecule is CC(C)(C)OC(=O)N(CCCCCCNC(=O)c1ccccc1)CCC(=O)Nc1ccc(O)cc1. The van der Waals surface area contributed by atoms with Crippen molar-refractivity contribution in [2.45, 2.75) is 58.5 Å². The van der Waals surface area contributed by atoms with Gasteiger partial charge in [-0.15, -0.1) is 0 Å². The van der Waals surface area contributed by atoms with Gasteiger partial charge in [0.15, 0.2) is 0 Å². The highest BCUT2D eigenvalue weighted by atomic mass is 16.6. The number of ether oxygens (including phenoxy) is 1. The quantitative estimate of drug-likeness (QED) is 0.292. The second kappa shape index (κ2) is 14.0. The first-order chi connectivity index (χ1) is 16.6. The average molecular weight is 484 g/mol. The van der Waals surface area contributed by atoms with Gasteiger partial charge in [-0.25, -0.2) is 4.79 Å². The molecular weight excluding hydrogens is 446 g/mol. The van der Waals surface area contributed by atoms with Crippen molar-refractivity contribution in [3.05, 3.63) is 60.2 Å². The number of aromatic hydroxyl groups is 1. The number of carbonyl (C=O) groups excluding carboxylic acids is 3. The third-order valence-electron chi connectivity index (χ3n) is 5.09. The summed E-state index contributed by atoms with van der Waals surface area (Å²) in [5.74, 6) is -0.177. The molecule has 0 atom stereocenters. The van der Waals surface area contributed by atoms with Crippen LogP contribution in [0.25, 0.3) is 0 Å². The van der Waals surface area contributed by atoms with Gasteiger partial charge in [-0.1, -0.05) is 31.0 Å². The first-order valence-corrected chi connectivity index (χ1v) is 12.0. The van der Waals surface area contributed by atoms with Crippen molar-refractivity contribution in [2.75, 3.05) is 25.0 Å². The summed E-state index contributed by atoms with van der Waals surface area (Å²) in [6.45, 7) is 6.75. The van der Waals surface area contributed by atoms with E-state index in [1.165, 1.54) is 12.1 Å². The zero-order chi connectivity index (χ0) is 25.7. The lowest BCUT2D eigenvalue weighted by Gasteiger charge is -2.27. The average Bonchev–Trinajstić information content (AvgIpc) is 2.81. The second-order valence-electron chi connectivity index (χ2n) is 9.35. The van der Waals surface area contributed by atoms with Crippen LogP contribution in [-0.2, 0) is 9.53 Å². The highest BCUT2D eigenvalue weighted by Crippen LogP contribution is 2.15. The molecule has 2 aromatic carbocycles. The van der Waals surface area contributed by atoms with Gasteiger partial charge in [0, 0.05) is 37.3 Å². The Labute approximate surface area is 207 Å². The van der Waals surface area contributed by atoms with Gasteiger partial charge >= 0.3 is 6.09 Å². The van der Waals surface area contributed by atoms with Gasteiger partial charge in [-0.05, 0) is 70.0 Å². The van der Waals surface area contributed by atoms with Crippen LogP contribution in [0.3, 0.4) is 0 Å². The minimum Gasteiger partial charge on any atom is -0.508 e. The summed E-state index contributed by atoms with van der Waals surface area (Å²) in [7, 11) is 0. The molecule has 0 radical (unpaired) electrons. The Morgan fingerprint density at radius 2 is 1.54 bits per heavy atom. The zero-order valence-electron chi connectivity index (χ0n) is 20.9. The molecule has 35 heavy (non-hydrogen) atoms. The molecular formula is C27H37N3O5. The Morgan fingerprint density at radius 3 is 2.20 bits per heavy atom. The predicted octanol–water partition coefficient (Wildman–Crippen LogP) is 4.95. The number of hydrogen-bond acceptors (Lipinski definition) is 5. The van der Waals surface area contributed by atoms with Crippen LogP contribution in [0, 0.1) is 0 Å². The fraction of sp³-hybridized carbons (Fsp3) is 0.444. The Balaban J connectivity index is 1.73. The lowest BCUT2D eigenvalue weighted by atomic mass is 10.1. The molecule has 0 bridgehead atoms. The monoisotopic (exact) mass is 483 g/mol. The Hall–Kier alpha value is -3.55. The molecule has 3 N–H and O–H groups in total. The molecule has 2 rings (SSSR count). The molecule has 0 saturated carbocycles. The van der Waals surface area contributed by atoms with Gasteiger partial charge in [0.25, 0.3) is 5.91 Å². The molecule has 190 valence electrons. The van der Waals surface area contributed by atoms with E-state index in [1.54, 1.807) is 29.2 Å². The standard InChI is InChI=1S/C27H37N3O5/c1-27(2,3)35-26(34)30(20-17-24(32)29-22-13-15-23(31)16-14-22)19-10-5-4-9-18-28-25(33)21-11-7-6-8-12-21/h6-8,11-16,31H,4-5,9-10,17-20H2,1-3H3,(H,28,33)(H,29,32). The highest BCUT2D eigenvalue weighted by Gasteiger charge is 2.22. The number of benzene rings is 2. The van der Waals surface area contributed by atoms with Gasteiger partial charge in [-0.3, -0.25) is 9.59 Å². The van der Waals surface area contributed by atoms with Crippen molar-refractivity contribution in [3.63, 3.8) is 0 Å². The van der Waals surface area contributed by atoms with Crippen molar-refractivity contribution in [3.8, 4) is 5.75 Å². The van der Waals surface area contributed by atoms with Crippen molar-refractivity contribution >= 4 is 23.6 Å². The molecule has 3 amide bonds. The first kappa shape index (κ1) is 27.7. The summed E-state index contributed by atoms with van der Waals surface area (Å²) in [4.78, 5) is 38.6. The number of nitrogens with one attached hydrogen (secondary N) is 2. The predicted molar refractivity (Wildman–Crippen MR) is 136 cm³/mol. The third-order valence-corrected chi connectivity index (χ3v) is 5.09. The van der Waals surface area contributed by atoms with Crippen molar-refractivity contribution in [1.29, 1.82) is 0 Å². The van der Waals surface area contributed by atoms with Crippen LogP contribution in [0.5, 0.6) is 5.75 Å². The lowest BCUT2D eigenvalue weighted by Crippen LogP contribution is -2.39. The Kier molecular flexibility index (Phi) is 11.1. The molecule has 0 aliphatic rings. The van der Waals surface area contributed by atoms with E-state index in [0.29, 0.717) is 24.3 Å². The molecule has 8 nitrogen and oxygen atoms in total. The number of phenols is 1. The van der Waals surface area contributed by atoms with E-state index in [9.17, 15) is 19.5 Å². The normalized spacial score (nSPS) is 10.9. The highest BCUT2D eigenvalue weighted by molar-refractivity contribution is 5.94. The van der Waals surface area contributed by atoms with Crippen LogP contribution in [-0.4, -0.2) is 53.1 Å². The van der Waals surface area contributed by atoms with Crippen LogP contribution < -0.4 is 10.6 Å². The maximum Gasteiger partial charge on any atom is 0.410 e. The molecule has 0 aliphatic carbocycles. The summed E-state index contributed by atoms with van der Waals surface area (Å²) in [5, 5.41) is 15.0. The lowest BCUT2D eigenvalue weighted by molar-refractivity contribution is -0.116. The van der Waals surface area contributed by atoms with Crippen LogP contribution >= 0.6 is 0 Å². The maximum absolute atomic E-state index is 12.6. The van der Waals surface area contributed by atoms with Crippen LogP contribution in [0.15, 0.2) is 54.6 Å². The van der Waals surface area contributed by atoms with Gasteiger partial charge in [0.1, 0.15) is 11.4 Å². The van der Waals surface area contributed by atoms with Crippen LogP contribution in [0.2, 0.25) is 0 Å². The molecule has 0 saturated heterocycles. The summed E-state index contributed by atoms with van der Waals surface area (Å²) in [6.07, 6.45) is 3.11. The maximum atomic E-state index is 12.6. The van der Waals surface area contributed by atoms with Gasteiger partial charge in [-0.2, -0.15) is 0 Å². The van der Waals surface area contributed by atoms with E-state index in [-0.39, 0.29) is 30.5 Å². The molecule has 0 aliphatic heterocycles. The minimum atomic E-state index is -0.624. The zero-order valence-corrected chi connectivity index (χ0v) is 20.9. The number of hydrogen-bond donors (Lipinski definition) is 3. The van der Waals surface area contributed by atoms with E-state index in [2.05, 4.69) is 10.6 Å². The smallest absolute Gasteiger partial charge is 0.410 e. The molecule has 0 spiro atoms. The molecule has 2 aromatic rings. The number of nitrogens with zero attached hydrogens (tertiary/aromatic N) is 1. The fourth-order valence-corrected chi connectivity index (χ4v) is 3.30. The summed E-state index contributed by atoms with van der Waals surface area (Å²) >= 11 is 0. The van der Waals surface area contributed by atoms with Crippen LogP contribution in [0.4, 0.5) is 10.5 Å². The van der Waals surface area contributed by atoms with Gasteiger partial charge in [0.05, 0.1) is 0 Å². The first-order valence-electron chi connectivity index (χ1n) is 12.0. The fourth-order valence-electron chi connectivity index (χ4n) is 3.30. The van der Waals surface area contributed by atoms with E-state index in [4.69, 9.17) is 4.74 Å². The number of amides is 3. The number of rotatable bonds is 12. The van der Waals surface area contributed by atoms with E-state index < -0.39 is 11.7 Å². The summed E-state index contributed by atoms with van der Waals surface area (Å²) < 4.78 is 5.51. The van der Waals surface area contributed by atoms with E-state index in [0.717, 1.165) is 25.7 Å². The summed E-state index contributed by atoms with van der Waals surface area (Å²) in [6, 6.07) is 15.3. The number of carbonyl (C=O) groups is 3. The van der Waals surface area contributed by atoms with Gasteiger partial charge in [0.2, 0.25) is 5.91 Å². The third kappa shape index (κ3) is 11.4. The molecule has 0 fully saturated rings.